The van der Waals surface area contributed by atoms with Crippen molar-refractivity contribution in [1.29, 1.82) is 0 Å². The van der Waals surface area contributed by atoms with E-state index in [4.69, 9.17) is 10.2 Å². The van der Waals surface area contributed by atoms with Crippen LogP contribution < -0.4 is 5.73 Å². The topological polar surface area (TPSA) is 76.5 Å². The Bertz CT molecular complexity index is 515. The molecule has 21 heavy (non-hydrogen) atoms. The first-order chi connectivity index (χ1) is 9.97. The Morgan fingerprint density at radius 3 is 2.81 bits per heavy atom. The average Bonchev–Trinajstić information content (AvgIpc) is 2.84. The highest BCUT2D eigenvalue weighted by atomic mass is 32.2. The summed E-state index contributed by atoms with van der Waals surface area (Å²) in [5.41, 5.74) is 5.10. The van der Waals surface area contributed by atoms with Gasteiger partial charge < -0.3 is 15.1 Å². The lowest BCUT2D eigenvalue weighted by atomic mass is 9.91. The molecule has 1 saturated heterocycles. The molecule has 0 unspecified atom stereocenters. The molecule has 1 aromatic heterocycles. The van der Waals surface area contributed by atoms with Gasteiger partial charge in [-0.3, -0.25) is 9.59 Å². The van der Waals surface area contributed by atoms with E-state index < -0.39 is 5.91 Å². The van der Waals surface area contributed by atoms with Crippen LogP contribution in [0.25, 0.3) is 0 Å². The molecule has 1 fully saturated rings. The third kappa shape index (κ3) is 4.27. The number of carbonyl (C=O) groups excluding carboxylic acids is 2. The van der Waals surface area contributed by atoms with E-state index in [0.717, 1.165) is 30.9 Å². The van der Waals surface area contributed by atoms with Crippen LogP contribution in [0.4, 0.5) is 0 Å². The normalized spacial score (nSPS) is 22.3. The van der Waals surface area contributed by atoms with Gasteiger partial charge in [0.1, 0.15) is 11.5 Å². The maximum absolute atomic E-state index is 12.4. The molecule has 0 radical (unpaired) electrons. The summed E-state index contributed by atoms with van der Waals surface area (Å²) in [5.74, 6) is 2.41. The van der Waals surface area contributed by atoms with Crippen LogP contribution in [0, 0.1) is 12.8 Å². The summed E-state index contributed by atoms with van der Waals surface area (Å²) in [7, 11) is 0. The quantitative estimate of drug-likeness (QED) is 0.903. The summed E-state index contributed by atoms with van der Waals surface area (Å²) in [6.07, 6.45) is 1.92. The average molecular weight is 310 g/mol. The number of amides is 2. The SMILES string of the molecule is Cc1ccc([C@H]2C[C@@H](C)CCN2C(=O)CSCC(N)=O)o1. The summed E-state index contributed by atoms with van der Waals surface area (Å²) in [5, 5.41) is 0. The van der Waals surface area contributed by atoms with Crippen molar-refractivity contribution in [2.75, 3.05) is 18.1 Å². The van der Waals surface area contributed by atoms with E-state index in [1.165, 1.54) is 11.8 Å². The minimum Gasteiger partial charge on any atom is -0.464 e. The Hall–Kier alpha value is -1.43. The van der Waals surface area contributed by atoms with Crippen molar-refractivity contribution in [2.24, 2.45) is 11.7 Å². The maximum Gasteiger partial charge on any atom is 0.233 e. The van der Waals surface area contributed by atoms with Crippen molar-refractivity contribution in [3.8, 4) is 0 Å². The highest BCUT2D eigenvalue weighted by molar-refractivity contribution is 8.00. The second-order valence-corrected chi connectivity index (χ2v) is 6.63. The van der Waals surface area contributed by atoms with Crippen LogP contribution in [0.5, 0.6) is 0 Å². The number of likely N-dealkylation sites (tertiary alicyclic amines) is 1. The van der Waals surface area contributed by atoms with Gasteiger partial charge in [0.25, 0.3) is 0 Å². The standard InChI is InChI=1S/C15H22N2O3S/c1-10-5-6-17(15(19)9-21-8-14(16)18)12(7-10)13-4-3-11(2)20-13/h3-4,10,12H,5-9H2,1-2H3,(H2,16,18)/t10-,12+/m0/s1. The fourth-order valence-electron chi connectivity index (χ4n) is 2.66. The minimum atomic E-state index is -0.390. The summed E-state index contributed by atoms with van der Waals surface area (Å²) < 4.78 is 5.72. The van der Waals surface area contributed by atoms with Crippen LogP contribution in [0.1, 0.15) is 37.3 Å². The fraction of sp³-hybridized carbons (Fsp3) is 0.600. The van der Waals surface area contributed by atoms with Crippen molar-refractivity contribution in [3.63, 3.8) is 0 Å². The number of rotatable bonds is 5. The van der Waals surface area contributed by atoms with Crippen LogP contribution in [0.3, 0.4) is 0 Å². The first kappa shape index (κ1) is 15.9. The lowest BCUT2D eigenvalue weighted by Crippen LogP contribution is -2.41. The van der Waals surface area contributed by atoms with Gasteiger partial charge in [-0.15, -0.1) is 11.8 Å². The second kappa shape index (κ2) is 7.02. The Morgan fingerprint density at radius 2 is 2.19 bits per heavy atom. The van der Waals surface area contributed by atoms with Gasteiger partial charge in [-0.2, -0.15) is 0 Å². The summed E-state index contributed by atoms with van der Waals surface area (Å²) in [4.78, 5) is 25.0. The smallest absolute Gasteiger partial charge is 0.233 e. The van der Waals surface area contributed by atoms with Crippen LogP contribution in [0.2, 0.25) is 0 Å². The van der Waals surface area contributed by atoms with E-state index in [0.29, 0.717) is 5.92 Å². The highest BCUT2D eigenvalue weighted by Crippen LogP contribution is 2.35. The molecule has 6 heteroatoms. The van der Waals surface area contributed by atoms with Gasteiger partial charge in [0.05, 0.1) is 17.5 Å². The van der Waals surface area contributed by atoms with Gasteiger partial charge in [-0.25, -0.2) is 0 Å². The van der Waals surface area contributed by atoms with E-state index in [-0.39, 0.29) is 23.5 Å². The number of hydrogen-bond acceptors (Lipinski definition) is 4. The van der Waals surface area contributed by atoms with Crippen molar-refractivity contribution >= 4 is 23.6 Å². The van der Waals surface area contributed by atoms with E-state index in [1.54, 1.807) is 0 Å². The Kier molecular flexibility index (Phi) is 5.33. The number of piperidine rings is 1. The predicted molar refractivity (Wildman–Crippen MR) is 82.8 cm³/mol. The number of furan rings is 1. The molecule has 2 heterocycles. The third-order valence-electron chi connectivity index (χ3n) is 3.74. The number of primary amides is 1. The molecule has 0 spiro atoms. The fourth-order valence-corrected chi connectivity index (χ4v) is 3.31. The molecule has 0 aliphatic carbocycles. The zero-order chi connectivity index (χ0) is 15.4. The molecule has 2 N–H and O–H groups in total. The van der Waals surface area contributed by atoms with Gasteiger partial charge in [0.2, 0.25) is 11.8 Å². The van der Waals surface area contributed by atoms with Crippen LogP contribution >= 0.6 is 11.8 Å². The van der Waals surface area contributed by atoms with Crippen molar-refractivity contribution in [1.82, 2.24) is 4.90 Å². The zero-order valence-corrected chi connectivity index (χ0v) is 13.3. The molecular weight excluding hydrogens is 288 g/mol. The maximum atomic E-state index is 12.4. The van der Waals surface area contributed by atoms with E-state index in [1.807, 2.05) is 24.0 Å². The van der Waals surface area contributed by atoms with Crippen molar-refractivity contribution < 1.29 is 14.0 Å². The number of nitrogens with zero attached hydrogens (tertiary/aromatic N) is 1. The first-order valence-corrected chi connectivity index (χ1v) is 8.34. The second-order valence-electron chi connectivity index (χ2n) is 5.64. The molecule has 1 aliphatic rings. The Morgan fingerprint density at radius 1 is 1.43 bits per heavy atom. The number of aryl methyl sites for hydroxylation is 1. The molecular formula is C15H22N2O3S. The van der Waals surface area contributed by atoms with Gasteiger partial charge in [0, 0.05) is 6.54 Å². The van der Waals surface area contributed by atoms with E-state index in [9.17, 15) is 9.59 Å². The number of carbonyl (C=O) groups is 2. The van der Waals surface area contributed by atoms with Crippen molar-refractivity contribution in [3.05, 3.63) is 23.7 Å². The number of hydrogen-bond donors (Lipinski definition) is 1. The Balaban J connectivity index is 2.04. The molecule has 0 bridgehead atoms. The lowest BCUT2D eigenvalue weighted by Gasteiger charge is -2.37. The van der Waals surface area contributed by atoms with E-state index in [2.05, 4.69) is 6.92 Å². The van der Waals surface area contributed by atoms with Gasteiger partial charge in [0.15, 0.2) is 0 Å². The predicted octanol–water partition coefficient (Wildman–Crippen LogP) is 2.11. The lowest BCUT2D eigenvalue weighted by molar-refractivity contribution is -0.133. The van der Waals surface area contributed by atoms with Crippen LogP contribution in [-0.4, -0.2) is 34.8 Å². The van der Waals surface area contributed by atoms with Gasteiger partial charge >= 0.3 is 0 Å². The largest absolute Gasteiger partial charge is 0.464 e. The molecule has 116 valence electrons. The van der Waals surface area contributed by atoms with Crippen molar-refractivity contribution in [2.45, 2.75) is 32.7 Å². The molecule has 2 rings (SSSR count). The molecule has 1 aliphatic heterocycles. The zero-order valence-electron chi connectivity index (χ0n) is 12.5. The van der Waals surface area contributed by atoms with Gasteiger partial charge in [-0.05, 0) is 37.8 Å². The third-order valence-corrected chi connectivity index (χ3v) is 4.68. The van der Waals surface area contributed by atoms with E-state index >= 15 is 0 Å². The summed E-state index contributed by atoms with van der Waals surface area (Å²) >= 11 is 1.27. The minimum absolute atomic E-state index is 0.00382. The molecule has 5 nitrogen and oxygen atoms in total. The first-order valence-electron chi connectivity index (χ1n) is 7.19. The molecule has 0 aromatic carbocycles. The number of nitrogens with two attached hydrogens (primary N) is 1. The summed E-state index contributed by atoms with van der Waals surface area (Å²) in [6.45, 7) is 4.85. The number of thioether (sulfide) groups is 1. The molecule has 0 saturated carbocycles. The molecule has 2 atom stereocenters. The Labute approximate surface area is 129 Å². The molecule has 2 amide bonds. The molecule has 1 aromatic rings. The van der Waals surface area contributed by atoms with Crippen LogP contribution in [0.15, 0.2) is 16.5 Å². The van der Waals surface area contributed by atoms with Crippen LogP contribution in [-0.2, 0) is 9.59 Å². The summed E-state index contributed by atoms with van der Waals surface area (Å²) in [6, 6.07) is 3.89. The highest BCUT2D eigenvalue weighted by Gasteiger charge is 2.32. The monoisotopic (exact) mass is 310 g/mol. The van der Waals surface area contributed by atoms with Gasteiger partial charge in [-0.1, -0.05) is 6.92 Å².